The first-order valence-corrected chi connectivity index (χ1v) is 6.76. The molecule has 0 aromatic heterocycles. The zero-order valence-corrected chi connectivity index (χ0v) is 11.0. The van der Waals surface area contributed by atoms with Crippen molar-refractivity contribution in [1.82, 2.24) is 0 Å². The van der Waals surface area contributed by atoms with Gasteiger partial charge in [-0.2, -0.15) is 0 Å². The fraction of sp³-hybridized carbons (Fsp3) is 0.500. The fourth-order valence-corrected chi connectivity index (χ4v) is 2.75. The van der Waals surface area contributed by atoms with Gasteiger partial charge in [0.25, 0.3) is 0 Å². The Labute approximate surface area is 112 Å². The summed E-state index contributed by atoms with van der Waals surface area (Å²) in [5.41, 5.74) is 0.973. The molecule has 1 aliphatic rings. The predicted octanol–water partition coefficient (Wildman–Crippen LogP) is 3.79. The van der Waals surface area contributed by atoms with Crippen molar-refractivity contribution in [3.8, 4) is 0 Å². The van der Waals surface area contributed by atoms with E-state index in [1.807, 2.05) is 24.3 Å². The number of hydrogen-bond donors (Lipinski definition) is 2. The number of aliphatic carboxylic acids is 1. The maximum atomic E-state index is 10.7. The first-order chi connectivity index (χ1) is 8.65. The van der Waals surface area contributed by atoms with Gasteiger partial charge in [-0.15, -0.1) is 0 Å². The van der Waals surface area contributed by atoms with Crippen LogP contribution in [0.5, 0.6) is 0 Å². The molecule has 2 N–H and O–H groups in total. The van der Waals surface area contributed by atoms with Crippen molar-refractivity contribution >= 4 is 23.3 Å². The molecule has 0 spiro atoms. The van der Waals surface area contributed by atoms with Crippen molar-refractivity contribution < 1.29 is 9.90 Å². The van der Waals surface area contributed by atoms with Crippen LogP contribution in [0.3, 0.4) is 0 Å². The molecule has 18 heavy (non-hydrogen) atoms. The Morgan fingerprint density at radius 1 is 1.28 bits per heavy atom. The van der Waals surface area contributed by atoms with Crippen LogP contribution in [0.15, 0.2) is 24.3 Å². The standard InChI is InChI=1S/C14H18ClNO2/c15-12-3-1-2-4-13(12)16-11-7-5-10(6-8-11)9-14(17)18/h1-4,10-11,16H,5-9H2,(H,17,18). The second-order valence-electron chi connectivity index (χ2n) is 4.94. The smallest absolute Gasteiger partial charge is 0.303 e. The normalized spacial score (nSPS) is 23.6. The minimum atomic E-state index is -0.683. The molecule has 1 fully saturated rings. The maximum Gasteiger partial charge on any atom is 0.303 e. The number of para-hydroxylation sites is 1. The Balaban J connectivity index is 1.84. The summed E-state index contributed by atoms with van der Waals surface area (Å²) in [6, 6.07) is 8.14. The van der Waals surface area contributed by atoms with Gasteiger partial charge in [0.1, 0.15) is 0 Å². The van der Waals surface area contributed by atoms with E-state index in [0.717, 1.165) is 36.4 Å². The van der Waals surface area contributed by atoms with Crippen molar-refractivity contribution in [2.45, 2.75) is 38.1 Å². The molecule has 3 nitrogen and oxygen atoms in total. The van der Waals surface area contributed by atoms with Gasteiger partial charge in [-0.1, -0.05) is 23.7 Å². The van der Waals surface area contributed by atoms with E-state index in [1.54, 1.807) is 0 Å². The van der Waals surface area contributed by atoms with E-state index < -0.39 is 5.97 Å². The average Bonchev–Trinajstić information content (AvgIpc) is 2.34. The highest BCUT2D eigenvalue weighted by Gasteiger charge is 2.23. The van der Waals surface area contributed by atoms with Gasteiger partial charge < -0.3 is 10.4 Å². The first-order valence-electron chi connectivity index (χ1n) is 6.38. The summed E-state index contributed by atoms with van der Waals surface area (Å²) in [7, 11) is 0. The van der Waals surface area contributed by atoms with Crippen LogP contribution in [0.25, 0.3) is 0 Å². The Morgan fingerprint density at radius 2 is 1.94 bits per heavy atom. The third-order valence-corrected chi connectivity index (χ3v) is 3.87. The van der Waals surface area contributed by atoms with Gasteiger partial charge in [-0.3, -0.25) is 4.79 Å². The molecule has 98 valence electrons. The largest absolute Gasteiger partial charge is 0.481 e. The van der Waals surface area contributed by atoms with Crippen LogP contribution in [-0.4, -0.2) is 17.1 Å². The lowest BCUT2D eigenvalue weighted by atomic mass is 9.84. The predicted molar refractivity (Wildman–Crippen MR) is 73.1 cm³/mol. The number of rotatable bonds is 4. The SMILES string of the molecule is O=C(O)CC1CCC(Nc2ccccc2Cl)CC1. The van der Waals surface area contributed by atoms with Crippen molar-refractivity contribution in [3.05, 3.63) is 29.3 Å². The number of carboxylic acids is 1. The molecule has 0 atom stereocenters. The topological polar surface area (TPSA) is 49.3 Å². The number of benzene rings is 1. The minimum absolute atomic E-state index is 0.304. The zero-order valence-electron chi connectivity index (χ0n) is 10.2. The van der Waals surface area contributed by atoms with E-state index in [0.29, 0.717) is 18.4 Å². The summed E-state index contributed by atoms with van der Waals surface area (Å²) in [5.74, 6) is -0.343. The van der Waals surface area contributed by atoms with Crippen LogP contribution >= 0.6 is 11.6 Å². The average molecular weight is 268 g/mol. The number of nitrogens with one attached hydrogen (secondary N) is 1. The van der Waals surface area contributed by atoms with Gasteiger partial charge in [-0.05, 0) is 43.7 Å². The Hall–Kier alpha value is -1.22. The van der Waals surface area contributed by atoms with Crippen LogP contribution in [0.4, 0.5) is 5.69 Å². The molecule has 0 unspecified atom stereocenters. The molecule has 1 aromatic carbocycles. The highest BCUT2D eigenvalue weighted by atomic mass is 35.5. The van der Waals surface area contributed by atoms with E-state index in [1.165, 1.54) is 0 Å². The van der Waals surface area contributed by atoms with E-state index in [2.05, 4.69) is 5.32 Å². The fourth-order valence-electron chi connectivity index (χ4n) is 2.56. The van der Waals surface area contributed by atoms with Crippen LogP contribution < -0.4 is 5.32 Å². The van der Waals surface area contributed by atoms with Crippen molar-refractivity contribution in [2.75, 3.05) is 5.32 Å². The van der Waals surface area contributed by atoms with Crippen molar-refractivity contribution in [2.24, 2.45) is 5.92 Å². The van der Waals surface area contributed by atoms with E-state index in [9.17, 15) is 4.79 Å². The highest BCUT2D eigenvalue weighted by Crippen LogP contribution is 2.30. The molecule has 2 rings (SSSR count). The molecule has 0 radical (unpaired) electrons. The van der Waals surface area contributed by atoms with Crippen molar-refractivity contribution in [1.29, 1.82) is 0 Å². The molecule has 0 saturated heterocycles. The summed E-state index contributed by atoms with van der Waals surface area (Å²) in [4.78, 5) is 10.7. The van der Waals surface area contributed by atoms with Crippen LogP contribution in [-0.2, 0) is 4.79 Å². The molecular formula is C14H18ClNO2. The second-order valence-corrected chi connectivity index (χ2v) is 5.35. The van der Waals surface area contributed by atoms with Gasteiger partial charge in [-0.25, -0.2) is 0 Å². The highest BCUT2D eigenvalue weighted by molar-refractivity contribution is 6.33. The van der Waals surface area contributed by atoms with Crippen LogP contribution in [0.2, 0.25) is 5.02 Å². The lowest BCUT2D eigenvalue weighted by Crippen LogP contribution is -2.27. The third-order valence-electron chi connectivity index (χ3n) is 3.54. The number of anilines is 1. The summed E-state index contributed by atoms with van der Waals surface area (Å²) < 4.78 is 0. The molecule has 0 heterocycles. The van der Waals surface area contributed by atoms with E-state index in [4.69, 9.17) is 16.7 Å². The first kappa shape index (κ1) is 13.2. The lowest BCUT2D eigenvalue weighted by molar-refractivity contribution is -0.138. The molecular weight excluding hydrogens is 250 g/mol. The molecule has 0 bridgehead atoms. The Bertz CT molecular complexity index is 414. The number of hydrogen-bond acceptors (Lipinski definition) is 2. The second kappa shape index (κ2) is 6.10. The molecule has 0 amide bonds. The van der Waals surface area contributed by atoms with Crippen LogP contribution in [0.1, 0.15) is 32.1 Å². The quantitative estimate of drug-likeness (QED) is 0.873. The summed E-state index contributed by atoms with van der Waals surface area (Å²) in [6.45, 7) is 0. The number of carbonyl (C=O) groups is 1. The van der Waals surface area contributed by atoms with Gasteiger partial charge in [0, 0.05) is 12.5 Å². The number of carboxylic acid groups (broad SMARTS) is 1. The number of halogens is 1. The molecule has 1 aliphatic carbocycles. The summed E-state index contributed by atoms with van der Waals surface area (Å²) >= 11 is 6.10. The lowest BCUT2D eigenvalue weighted by Gasteiger charge is -2.29. The Kier molecular flexibility index (Phi) is 4.48. The Morgan fingerprint density at radius 3 is 2.56 bits per heavy atom. The van der Waals surface area contributed by atoms with E-state index >= 15 is 0 Å². The van der Waals surface area contributed by atoms with Gasteiger partial charge in [0.2, 0.25) is 0 Å². The van der Waals surface area contributed by atoms with Crippen LogP contribution in [0, 0.1) is 5.92 Å². The minimum Gasteiger partial charge on any atom is -0.481 e. The van der Waals surface area contributed by atoms with Gasteiger partial charge in [0.15, 0.2) is 0 Å². The summed E-state index contributed by atoms with van der Waals surface area (Å²) in [6.07, 6.45) is 4.30. The maximum absolute atomic E-state index is 10.7. The molecule has 1 saturated carbocycles. The summed E-state index contributed by atoms with van der Waals surface area (Å²) in [5, 5.41) is 13.0. The van der Waals surface area contributed by atoms with Gasteiger partial charge in [0.05, 0.1) is 10.7 Å². The molecule has 1 aromatic rings. The monoisotopic (exact) mass is 267 g/mol. The molecule has 4 heteroatoms. The van der Waals surface area contributed by atoms with Gasteiger partial charge >= 0.3 is 5.97 Å². The zero-order chi connectivity index (χ0) is 13.0. The van der Waals surface area contributed by atoms with E-state index in [-0.39, 0.29) is 0 Å². The third kappa shape index (κ3) is 3.64. The molecule has 0 aliphatic heterocycles. The van der Waals surface area contributed by atoms with Crippen molar-refractivity contribution in [3.63, 3.8) is 0 Å².